The van der Waals surface area contributed by atoms with Gasteiger partial charge in [0.1, 0.15) is 0 Å². The molecule has 0 unspecified atom stereocenters. The molecule has 0 aliphatic heterocycles. The molecule has 0 bridgehead atoms. The zero-order chi connectivity index (χ0) is 19.8. The van der Waals surface area contributed by atoms with E-state index in [-0.39, 0.29) is 28.8 Å². The first-order valence-corrected chi connectivity index (χ1v) is 10.3. The van der Waals surface area contributed by atoms with E-state index in [0.717, 1.165) is 11.8 Å². The first-order chi connectivity index (χ1) is 12.6. The van der Waals surface area contributed by atoms with Crippen molar-refractivity contribution >= 4 is 45.4 Å². The molecule has 1 saturated carbocycles. The van der Waals surface area contributed by atoms with Gasteiger partial charge in [0.25, 0.3) is 5.91 Å². The van der Waals surface area contributed by atoms with Crippen molar-refractivity contribution in [1.29, 1.82) is 0 Å². The number of rotatable bonds is 5. The Hall–Kier alpha value is -2.42. The van der Waals surface area contributed by atoms with Crippen LogP contribution in [0.25, 0.3) is 0 Å². The molecule has 0 heterocycles. The Bertz CT molecular complexity index is 1030. The maximum Gasteiger partial charge on any atom is 0.255 e. The molecule has 0 atom stereocenters. The summed E-state index contributed by atoms with van der Waals surface area (Å²) in [6.07, 6.45) is 2.45. The zero-order valence-corrected chi connectivity index (χ0v) is 17.1. The number of nitrogens with two attached hydrogens (primary N) is 1. The number of hydrogen-bond acceptors (Lipinski definition) is 5. The Kier molecular flexibility index (Phi) is 6.18. The van der Waals surface area contributed by atoms with Gasteiger partial charge in [0.05, 0.1) is 10.4 Å². The highest BCUT2D eigenvalue weighted by Crippen LogP contribution is 2.33. The summed E-state index contributed by atoms with van der Waals surface area (Å²) in [5, 5.41) is 5.54. The molecule has 0 spiro atoms. The fourth-order valence-electron chi connectivity index (χ4n) is 2.56. The molecule has 1 fully saturated rings. The van der Waals surface area contributed by atoms with E-state index in [1.807, 2.05) is 0 Å². The van der Waals surface area contributed by atoms with Crippen LogP contribution in [0, 0.1) is 6.92 Å². The minimum absolute atomic E-state index is 0. The van der Waals surface area contributed by atoms with E-state index in [2.05, 4.69) is 10.6 Å². The third kappa shape index (κ3) is 4.89. The standard InChI is InChI=1S/C19H21N3O4S.ClH/c1-12-10-14(21-18(24)19(20)8-9-19)6-7-16(12)22-17(23)13-4-3-5-15(11-13)27(2,25)26;/h3-7,10-11H,8-9,20H2,1-2H3,(H,21,24)(H,22,23);1H. The van der Waals surface area contributed by atoms with E-state index >= 15 is 0 Å². The smallest absolute Gasteiger partial charge is 0.255 e. The molecule has 0 saturated heterocycles. The summed E-state index contributed by atoms with van der Waals surface area (Å²) < 4.78 is 23.3. The molecule has 2 amide bonds. The molecule has 9 heteroatoms. The summed E-state index contributed by atoms with van der Waals surface area (Å²) in [4.78, 5) is 24.6. The third-order valence-electron chi connectivity index (χ3n) is 4.50. The van der Waals surface area contributed by atoms with E-state index in [9.17, 15) is 18.0 Å². The van der Waals surface area contributed by atoms with Gasteiger partial charge in [-0.05, 0) is 61.7 Å². The second-order valence-electron chi connectivity index (χ2n) is 6.89. The summed E-state index contributed by atoms with van der Waals surface area (Å²) in [7, 11) is -3.39. The van der Waals surface area contributed by atoms with Gasteiger partial charge in [-0.2, -0.15) is 0 Å². The van der Waals surface area contributed by atoms with Gasteiger partial charge in [0.2, 0.25) is 5.91 Å². The molecule has 150 valence electrons. The Morgan fingerprint density at radius 1 is 1.07 bits per heavy atom. The molecule has 2 aromatic rings. The average molecular weight is 424 g/mol. The molecular formula is C19H22ClN3O4S. The highest BCUT2D eigenvalue weighted by molar-refractivity contribution is 7.90. The number of anilines is 2. The topological polar surface area (TPSA) is 118 Å². The Morgan fingerprint density at radius 3 is 2.32 bits per heavy atom. The molecule has 1 aliphatic rings. The normalized spacial score (nSPS) is 14.5. The number of halogens is 1. The van der Waals surface area contributed by atoms with Crippen LogP contribution >= 0.6 is 12.4 Å². The van der Waals surface area contributed by atoms with Crippen molar-refractivity contribution in [2.24, 2.45) is 5.73 Å². The van der Waals surface area contributed by atoms with Crippen molar-refractivity contribution in [1.82, 2.24) is 0 Å². The number of amides is 2. The number of nitrogens with one attached hydrogen (secondary N) is 2. The molecule has 7 nitrogen and oxygen atoms in total. The van der Waals surface area contributed by atoms with Crippen molar-refractivity contribution in [3.63, 3.8) is 0 Å². The van der Waals surface area contributed by atoms with E-state index in [4.69, 9.17) is 5.73 Å². The van der Waals surface area contributed by atoms with Crippen molar-refractivity contribution in [3.05, 3.63) is 53.6 Å². The second kappa shape index (κ2) is 7.90. The van der Waals surface area contributed by atoms with E-state index in [1.54, 1.807) is 31.2 Å². The lowest BCUT2D eigenvalue weighted by molar-refractivity contribution is -0.118. The van der Waals surface area contributed by atoms with Crippen molar-refractivity contribution < 1.29 is 18.0 Å². The van der Waals surface area contributed by atoms with Crippen molar-refractivity contribution in [3.8, 4) is 0 Å². The minimum Gasteiger partial charge on any atom is -0.324 e. The molecule has 1 aliphatic carbocycles. The van der Waals surface area contributed by atoms with Gasteiger partial charge in [-0.3, -0.25) is 9.59 Å². The zero-order valence-electron chi connectivity index (χ0n) is 15.5. The van der Waals surface area contributed by atoms with Crippen LogP contribution in [-0.4, -0.2) is 32.0 Å². The molecule has 4 N–H and O–H groups in total. The molecule has 0 radical (unpaired) electrons. The fraction of sp³-hybridized carbons (Fsp3) is 0.263. The maximum atomic E-state index is 12.5. The lowest BCUT2D eigenvalue weighted by atomic mass is 10.1. The van der Waals surface area contributed by atoms with Crippen LogP contribution < -0.4 is 16.4 Å². The first-order valence-electron chi connectivity index (χ1n) is 8.41. The second-order valence-corrected chi connectivity index (χ2v) is 8.91. The number of carbonyl (C=O) groups excluding carboxylic acids is 2. The lowest BCUT2D eigenvalue weighted by Crippen LogP contribution is -2.37. The van der Waals surface area contributed by atoms with E-state index in [1.165, 1.54) is 18.2 Å². The third-order valence-corrected chi connectivity index (χ3v) is 5.61. The molecule has 3 rings (SSSR count). The van der Waals surface area contributed by atoms with Gasteiger partial charge < -0.3 is 16.4 Å². The van der Waals surface area contributed by atoms with Crippen LogP contribution in [0.3, 0.4) is 0 Å². The fourth-order valence-corrected chi connectivity index (χ4v) is 3.23. The van der Waals surface area contributed by atoms with E-state index < -0.39 is 21.3 Å². The Balaban J connectivity index is 0.00000280. The average Bonchev–Trinajstić information content (AvgIpc) is 3.35. The molecular weight excluding hydrogens is 402 g/mol. The van der Waals surface area contributed by atoms with Gasteiger partial charge in [-0.25, -0.2) is 8.42 Å². The molecule has 2 aromatic carbocycles. The monoisotopic (exact) mass is 423 g/mol. The summed E-state index contributed by atoms with van der Waals surface area (Å²) in [5.74, 6) is -0.629. The number of aryl methyl sites for hydroxylation is 1. The number of sulfone groups is 1. The Labute approximate surface area is 170 Å². The van der Waals surface area contributed by atoms with Crippen LogP contribution in [-0.2, 0) is 14.6 Å². The largest absolute Gasteiger partial charge is 0.324 e. The predicted molar refractivity (Wildman–Crippen MR) is 111 cm³/mol. The van der Waals surface area contributed by atoms with Crippen LogP contribution in [0.1, 0.15) is 28.8 Å². The van der Waals surface area contributed by atoms with Crippen LogP contribution in [0.5, 0.6) is 0 Å². The van der Waals surface area contributed by atoms with Gasteiger partial charge in [-0.1, -0.05) is 6.07 Å². The molecule has 28 heavy (non-hydrogen) atoms. The minimum atomic E-state index is -3.39. The van der Waals surface area contributed by atoms with Crippen molar-refractivity contribution in [2.75, 3.05) is 16.9 Å². The predicted octanol–water partition coefficient (Wildman–Crippen LogP) is 2.50. The summed E-state index contributed by atoms with van der Waals surface area (Å²) in [6, 6.07) is 11.0. The van der Waals surface area contributed by atoms with Crippen molar-refractivity contribution in [2.45, 2.75) is 30.2 Å². The van der Waals surface area contributed by atoms with Gasteiger partial charge in [-0.15, -0.1) is 12.4 Å². The van der Waals surface area contributed by atoms with Gasteiger partial charge in [0, 0.05) is 23.2 Å². The quantitative estimate of drug-likeness (QED) is 0.682. The van der Waals surface area contributed by atoms with Crippen LogP contribution in [0.15, 0.2) is 47.4 Å². The summed E-state index contributed by atoms with van der Waals surface area (Å²) >= 11 is 0. The van der Waals surface area contributed by atoms with Crippen LogP contribution in [0.2, 0.25) is 0 Å². The number of carbonyl (C=O) groups is 2. The summed E-state index contributed by atoms with van der Waals surface area (Å²) in [5.41, 5.74) is 7.27. The van der Waals surface area contributed by atoms with E-state index in [0.29, 0.717) is 24.2 Å². The van der Waals surface area contributed by atoms with Gasteiger partial charge >= 0.3 is 0 Å². The Morgan fingerprint density at radius 2 is 1.75 bits per heavy atom. The molecule has 0 aromatic heterocycles. The SMILES string of the molecule is Cc1cc(NC(=O)C2(N)CC2)ccc1NC(=O)c1cccc(S(C)(=O)=O)c1.Cl. The highest BCUT2D eigenvalue weighted by Gasteiger charge is 2.45. The number of hydrogen-bond donors (Lipinski definition) is 3. The number of benzene rings is 2. The maximum absolute atomic E-state index is 12.5. The lowest BCUT2D eigenvalue weighted by Gasteiger charge is -2.13. The highest BCUT2D eigenvalue weighted by atomic mass is 35.5. The summed E-state index contributed by atoms with van der Waals surface area (Å²) in [6.45, 7) is 1.80. The van der Waals surface area contributed by atoms with Gasteiger partial charge in [0.15, 0.2) is 9.84 Å². The van der Waals surface area contributed by atoms with Crippen LogP contribution in [0.4, 0.5) is 11.4 Å². The first kappa shape index (κ1) is 21.9.